The minimum atomic E-state index is -0.638. The number of nitrogens with one attached hydrogen (secondary N) is 1. The van der Waals surface area contributed by atoms with Gasteiger partial charge in [-0.05, 0) is 31.2 Å². The van der Waals surface area contributed by atoms with Gasteiger partial charge in [0.05, 0.1) is 17.6 Å². The number of para-hydroxylation sites is 2. The van der Waals surface area contributed by atoms with Crippen molar-refractivity contribution in [3.63, 3.8) is 0 Å². The SMILES string of the molecule is CCOC(=O)C(=C(O)c1ccncc1)c1nc2ccccc2[nH]1. The van der Waals surface area contributed by atoms with Crippen molar-refractivity contribution in [2.75, 3.05) is 6.61 Å². The molecule has 0 saturated carbocycles. The van der Waals surface area contributed by atoms with Crippen LogP contribution in [-0.4, -0.2) is 32.6 Å². The van der Waals surface area contributed by atoms with Gasteiger partial charge in [0, 0.05) is 18.0 Å². The summed E-state index contributed by atoms with van der Waals surface area (Å²) >= 11 is 0. The van der Waals surface area contributed by atoms with Crippen LogP contribution in [0.3, 0.4) is 0 Å². The lowest BCUT2D eigenvalue weighted by Crippen LogP contribution is -2.10. The van der Waals surface area contributed by atoms with Crippen LogP contribution < -0.4 is 0 Å². The number of ether oxygens (including phenoxy) is 1. The third kappa shape index (κ3) is 2.91. The van der Waals surface area contributed by atoms with E-state index in [9.17, 15) is 9.90 Å². The summed E-state index contributed by atoms with van der Waals surface area (Å²) in [5, 5.41) is 10.5. The summed E-state index contributed by atoms with van der Waals surface area (Å²) in [6, 6.07) is 10.6. The van der Waals surface area contributed by atoms with Crippen LogP contribution >= 0.6 is 0 Å². The summed E-state index contributed by atoms with van der Waals surface area (Å²) < 4.78 is 5.06. The number of rotatable bonds is 4. The molecule has 0 fully saturated rings. The summed E-state index contributed by atoms with van der Waals surface area (Å²) in [4.78, 5) is 23.6. The molecule has 6 nitrogen and oxygen atoms in total. The zero-order chi connectivity index (χ0) is 16.2. The van der Waals surface area contributed by atoms with Crippen molar-refractivity contribution in [1.29, 1.82) is 0 Å². The molecule has 6 heteroatoms. The number of H-pyrrole nitrogens is 1. The van der Waals surface area contributed by atoms with E-state index < -0.39 is 5.97 Å². The number of aliphatic hydroxyl groups is 1. The minimum absolute atomic E-state index is 0.00532. The van der Waals surface area contributed by atoms with E-state index in [0.717, 1.165) is 5.52 Å². The van der Waals surface area contributed by atoms with Crippen molar-refractivity contribution < 1.29 is 14.6 Å². The highest BCUT2D eigenvalue weighted by Crippen LogP contribution is 2.25. The van der Waals surface area contributed by atoms with Gasteiger partial charge < -0.3 is 14.8 Å². The van der Waals surface area contributed by atoms with E-state index in [2.05, 4.69) is 15.0 Å². The number of hydrogen-bond acceptors (Lipinski definition) is 5. The number of carbonyl (C=O) groups is 1. The Morgan fingerprint density at radius 2 is 1.96 bits per heavy atom. The van der Waals surface area contributed by atoms with Gasteiger partial charge in [-0.1, -0.05) is 12.1 Å². The Labute approximate surface area is 132 Å². The Morgan fingerprint density at radius 1 is 1.22 bits per heavy atom. The van der Waals surface area contributed by atoms with Gasteiger partial charge in [-0.15, -0.1) is 0 Å². The molecule has 116 valence electrons. The van der Waals surface area contributed by atoms with Crippen molar-refractivity contribution in [3.05, 3.63) is 60.2 Å². The van der Waals surface area contributed by atoms with E-state index in [0.29, 0.717) is 11.1 Å². The minimum Gasteiger partial charge on any atom is -0.506 e. The predicted octanol–water partition coefficient (Wildman–Crippen LogP) is 2.95. The lowest BCUT2D eigenvalue weighted by molar-refractivity contribution is -0.136. The molecule has 0 spiro atoms. The molecule has 0 atom stereocenters. The highest BCUT2D eigenvalue weighted by molar-refractivity contribution is 6.22. The van der Waals surface area contributed by atoms with Crippen molar-refractivity contribution in [1.82, 2.24) is 15.0 Å². The molecule has 2 aromatic heterocycles. The number of fused-ring (bicyclic) bond motifs is 1. The molecule has 2 N–H and O–H groups in total. The van der Waals surface area contributed by atoms with Gasteiger partial charge in [-0.3, -0.25) is 4.98 Å². The number of aliphatic hydroxyl groups excluding tert-OH is 1. The summed E-state index contributed by atoms with van der Waals surface area (Å²) in [6.07, 6.45) is 3.07. The van der Waals surface area contributed by atoms with E-state index >= 15 is 0 Å². The fourth-order valence-electron chi connectivity index (χ4n) is 2.23. The van der Waals surface area contributed by atoms with Crippen molar-refractivity contribution in [2.24, 2.45) is 0 Å². The first-order chi connectivity index (χ1) is 11.2. The molecular formula is C17H15N3O3. The molecule has 0 bridgehead atoms. The standard InChI is InChI=1S/C17H15N3O3/c1-2-23-17(22)14(15(21)11-7-9-18-10-8-11)16-19-12-5-3-4-6-13(12)20-16/h3-10,21H,2H2,1H3,(H,19,20). The van der Waals surface area contributed by atoms with Crippen LogP contribution in [0.2, 0.25) is 0 Å². The first-order valence-electron chi connectivity index (χ1n) is 7.16. The van der Waals surface area contributed by atoms with Crippen LogP contribution in [0.5, 0.6) is 0 Å². The topological polar surface area (TPSA) is 88.1 Å². The second-order valence-corrected chi connectivity index (χ2v) is 4.78. The monoisotopic (exact) mass is 309 g/mol. The number of aromatic amines is 1. The summed E-state index contributed by atoms with van der Waals surface area (Å²) in [6.45, 7) is 1.91. The molecule has 23 heavy (non-hydrogen) atoms. The Morgan fingerprint density at radius 3 is 2.65 bits per heavy atom. The Hall–Kier alpha value is -3.15. The fraction of sp³-hybridized carbons (Fsp3) is 0.118. The second kappa shape index (κ2) is 6.31. The van der Waals surface area contributed by atoms with Gasteiger partial charge in [-0.25, -0.2) is 9.78 Å². The van der Waals surface area contributed by atoms with Crippen molar-refractivity contribution >= 4 is 28.3 Å². The molecule has 3 aromatic rings. The van der Waals surface area contributed by atoms with E-state index in [-0.39, 0.29) is 23.8 Å². The van der Waals surface area contributed by atoms with Gasteiger partial charge in [0.25, 0.3) is 0 Å². The molecule has 0 aliphatic carbocycles. The van der Waals surface area contributed by atoms with E-state index in [4.69, 9.17) is 4.74 Å². The zero-order valence-electron chi connectivity index (χ0n) is 12.5. The number of imidazole rings is 1. The lowest BCUT2D eigenvalue weighted by atomic mass is 10.1. The van der Waals surface area contributed by atoms with Crippen molar-refractivity contribution in [3.8, 4) is 0 Å². The molecule has 0 aliphatic rings. The molecule has 2 heterocycles. The Kier molecular flexibility index (Phi) is 4.05. The molecule has 0 unspecified atom stereocenters. The molecule has 3 rings (SSSR count). The average molecular weight is 309 g/mol. The number of benzene rings is 1. The number of esters is 1. The summed E-state index contributed by atoms with van der Waals surface area (Å²) in [5.41, 5.74) is 1.93. The average Bonchev–Trinajstić information content (AvgIpc) is 2.99. The number of carbonyl (C=O) groups excluding carboxylic acids is 1. The third-order valence-electron chi connectivity index (χ3n) is 3.30. The van der Waals surface area contributed by atoms with Crippen LogP contribution in [-0.2, 0) is 9.53 Å². The van der Waals surface area contributed by atoms with Crippen LogP contribution in [0.25, 0.3) is 22.4 Å². The second-order valence-electron chi connectivity index (χ2n) is 4.78. The van der Waals surface area contributed by atoms with E-state index in [1.165, 1.54) is 12.4 Å². The van der Waals surface area contributed by atoms with Gasteiger partial charge in [0.2, 0.25) is 0 Å². The number of nitrogens with zero attached hydrogens (tertiary/aromatic N) is 2. The first kappa shape index (κ1) is 14.8. The molecule has 0 radical (unpaired) electrons. The van der Waals surface area contributed by atoms with Crippen LogP contribution in [0, 0.1) is 0 Å². The number of pyridine rings is 1. The Bertz CT molecular complexity index is 836. The lowest BCUT2D eigenvalue weighted by Gasteiger charge is -2.08. The van der Waals surface area contributed by atoms with Gasteiger partial charge in [0.15, 0.2) is 0 Å². The largest absolute Gasteiger partial charge is 0.506 e. The zero-order valence-corrected chi connectivity index (χ0v) is 12.5. The molecule has 1 aromatic carbocycles. The summed E-state index contributed by atoms with van der Waals surface area (Å²) in [7, 11) is 0. The molecular weight excluding hydrogens is 294 g/mol. The van der Waals surface area contributed by atoms with E-state index in [1.54, 1.807) is 19.1 Å². The van der Waals surface area contributed by atoms with Crippen LogP contribution in [0.15, 0.2) is 48.8 Å². The van der Waals surface area contributed by atoms with Gasteiger partial charge >= 0.3 is 5.97 Å². The summed E-state index contributed by atoms with van der Waals surface area (Å²) in [5.74, 6) is -0.579. The molecule has 0 aliphatic heterocycles. The maximum atomic E-state index is 12.3. The number of hydrogen-bond donors (Lipinski definition) is 2. The smallest absolute Gasteiger partial charge is 0.345 e. The molecule has 0 amide bonds. The number of aromatic nitrogens is 3. The highest BCUT2D eigenvalue weighted by Gasteiger charge is 2.23. The maximum absolute atomic E-state index is 12.3. The maximum Gasteiger partial charge on any atom is 0.345 e. The normalized spacial score (nSPS) is 12.0. The molecule has 0 saturated heterocycles. The van der Waals surface area contributed by atoms with Crippen LogP contribution in [0.1, 0.15) is 18.3 Å². The van der Waals surface area contributed by atoms with Crippen molar-refractivity contribution in [2.45, 2.75) is 6.92 Å². The van der Waals surface area contributed by atoms with Gasteiger partial charge in [-0.2, -0.15) is 0 Å². The Balaban J connectivity index is 2.17. The quantitative estimate of drug-likeness (QED) is 0.439. The highest BCUT2D eigenvalue weighted by atomic mass is 16.5. The van der Waals surface area contributed by atoms with Gasteiger partial charge in [0.1, 0.15) is 17.2 Å². The van der Waals surface area contributed by atoms with E-state index in [1.807, 2.05) is 24.3 Å². The fourth-order valence-corrected chi connectivity index (χ4v) is 2.23. The third-order valence-corrected chi connectivity index (χ3v) is 3.30. The first-order valence-corrected chi connectivity index (χ1v) is 7.16. The predicted molar refractivity (Wildman–Crippen MR) is 86.4 cm³/mol. The van der Waals surface area contributed by atoms with Crippen LogP contribution in [0.4, 0.5) is 0 Å².